The van der Waals surface area contributed by atoms with Crippen molar-refractivity contribution in [1.82, 2.24) is 20.1 Å². The first kappa shape index (κ1) is 24.3. The number of carbonyl (C=O) groups is 2. The summed E-state index contributed by atoms with van der Waals surface area (Å²) in [5, 5.41) is 14.6. The van der Waals surface area contributed by atoms with Crippen LogP contribution in [0.3, 0.4) is 0 Å². The number of thioether (sulfide) groups is 1. The summed E-state index contributed by atoms with van der Waals surface area (Å²) in [5.74, 6) is 1.16. The molecular formula is C24H29N5O3S. The van der Waals surface area contributed by atoms with Gasteiger partial charge in [-0.1, -0.05) is 47.7 Å². The van der Waals surface area contributed by atoms with Gasteiger partial charge in [0.15, 0.2) is 17.6 Å². The van der Waals surface area contributed by atoms with Crippen molar-refractivity contribution in [2.75, 3.05) is 17.7 Å². The lowest BCUT2D eigenvalue weighted by atomic mass is 10.1. The third-order valence-electron chi connectivity index (χ3n) is 5.11. The standard InChI is InChI=1S/C24H29N5O3S/c1-15-9-10-19(18(4)11-15)26-22(31)14-33-24-28-27-20(29(24)5)12-25-21(30)13-32-23-16(2)7-6-8-17(23)3/h6-11H,12-14H2,1-5H3,(H,25,30)(H,26,31). The second kappa shape index (κ2) is 11.0. The number of rotatable bonds is 9. The zero-order chi connectivity index (χ0) is 24.0. The number of aromatic nitrogens is 3. The summed E-state index contributed by atoms with van der Waals surface area (Å²) >= 11 is 1.29. The van der Waals surface area contributed by atoms with Gasteiger partial charge in [0, 0.05) is 12.7 Å². The number of hydrogen-bond donors (Lipinski definition) is 2. The molecule has 3 aromatic rings. The Balaban J connectivity index is 1.47. The van der Waals surface area contributed by atoms with Gasteiger partial charge in [0.2, 0.25) is 5.91 Å². The second-order valence-electron chi connectivity index (χ2n) is 7.90. The molecule has 3 rings (SSSR count). The molecule has 0 radical (unpaired) electrons. The molecule has 0 aliphatic rings. The molecule has 2 N–H and O–H groups in total. The Morgan fingerprint density at radius 3 is 2.42 bits per heavy atom. The fourth-order valence-electron chi connectivity index (χ4n) is 3.29. The predicted octanol–water partition coefficient (Wildman–Crippen LogP) is 3.47. The number of amides is 2. The average Bonchev–Trinajstić information content (AvgIpc) is 3.12. The van der Waals surface area contributed by atoms with E-state index in [1.165, 1.54) is 11.8 Å². The highest BCUT2D eigenvalue weighted by Crippen LogP contribution is 2.22. The smallest absolute Gasteiger partial charge is 0.258 e. The van der Waals surface area contributed by atoms with Crippen LogP contribution in [-0.4, -0.2) is 38.9 Å². The maximum Gasteiger partial charge on any atom is 0.258 e. The summed E-state index contributed by atoms with van der Waals surface area (Å²) in [6.07, 6.45) is 0. The molecule has 0 fully saturated rings. The van der Waals surface area contributed by atoms with Crippen LogP contribution < -0.4 is 15.4 Å². The van der Waals surface area contributed by atoms with E-state index in [-0.39, 0.29) is 30.7 Å². The zero-order valence-corrected chi connectivity index (χ0v) is 20.4. The van der Waals surface area contributed by atoms with Crippen LogP contribution in [0.25, 0.3) is 0 Å². The summed E-state index contributed by atoms with van der Waals surface area (Å²) in [5.41, 5.74) is 4.94. The largest absolute Gasteiger partial charge is 0.483 e. The van der Waals surface area contributed by atoms with E-state index in [1.807, 2.05) is 64.1 Å². The van der Waals surface area contributed by atoms with Gasteiger partial charge in [0.05, 0.1) is 12.3 Å². The first-order chi connectivity index (χ1) is 15.7. The minimum Gasteiger partial charge on any atom is -0.483 e. The highest BCUT2D eigenvalue weighted by Gasteiger charge is 2.14. The van der Waals surface area contributed by atoms with E-state index in [0.717, 1.165) is 33.7 Å². The van der Waals surface area contributed by atoms with E-state index >= 15 is 0 Å². The highest BCUT2D eigenvalue weighted by molar-refractivity contribution is 7.99. The van der Waals surface area contributed by atoms with Crippen LogP contribution >= 0.6 is 11.8 Å². The molecule has 0 saturated heterocycles. The van der Waals surface area contributed by atoms with Gasteiger partial charge in [-0.2, -0.15) is 0 Å². The molecule has 0 saturated carbocycles. The predicted molar refractivity (Wildman–Crippen MR) is 130 cm³/mol. The van der Waals surface area contributed by atoms with Gasteiger partial charge in [-0.15, -0.1) is 10.2 Å². The third kappa shape index (κ3) is 6.58. The molecule has 0 atom stereocenters. The van der Waals surface area contributed by atoms with Crippen molar-refractivity contribution in [1.29, 1.82) is 0 Å². The Bertz CT molecular complexity index is 1140. The molecule has 0 spiro atoms. The van der Waals surface area contributed by atoms with Gasteiger partial charge < -0.3 is 19.9 Å². The van der Waals surface area contributed by atoms with E-state index in [1.54, 1.807) is 11.6 Å². The molecular weight excluding hydrogens is 438 g/mol. The minimum absolute atomic E-state index is 0.0796. The number of benzene rings is 2. The van der Waals surface area contributed by atoms with E-state index in [2.05, 4.69) is 20.8 Å². The fourth-order valence-corrected chi connectivity index (χ4v) is 4.02. The summed E-state index contributed by atoms with van der Waals surface area (Å²) < 4.78 is 7.44. The number of carbonyl (C=O) groups excluding carboxylic acids is 2. The number of anilines is 1. The second-order valence-corrected chi connectivity index (χ2v) is 8.84. The van der Waals surface area contributed by atoms with Crippen molar-refractivity contribution in [3.63, 3.8) is 0 Å². The van der Waals surface area contributed by atoms with E-state index in [9.17, 15) is 9.59 Å². The maximum atomic E-state index is 12.3. The van der Waals surface area contributed by atoms with Crippen LogP contribution in [0.2, 0.25) is 0 Å². The molecule has 1 aromatic heterocycles. The molecule has 0 bridgehead atoms. The summed E-state index contributed by atoms with van der Waals surface area (Å²) in [6.45, 7) is 8.01. The van der Waals surface area contributed by atoms with Crippen molar-refractivity contribution in [2.45, 2.75) is 39.4 Å². The maximum absolute atomic E-state index is 12.3. The minimum atomic E-state index is -0.247. The molecule has 174 valence electrons. The molecule has 0 aliphatic carbocycles. The summed E-state index contributed by atoms with van der Waals surface area (Å²) in [7, 11) is 1.80. The van der Waals surface area contributed by atoms with Gasteiger partial charge >= 0.3 is 0 Å². The van der Waals surface area contributed by atoms with Crippen LogP contribution in [0.4, 0.5) is 5.69 Å². The van der Waals surface area contributed by atoms with Crippen molar-refractivity contribution >= 4 is 29.3 Å². The van der Waals surface area contributed by atoms with Gasteiger partial charge in [0.1, 0.15) is 5.75 Å². The van der Waals surface area contributed by atoms with Gasteiger partial charge in [-0.05, 0) is 50.5 Å². The van der Waals surface area contributed by atoms with Crippen molar-refractivity contribution in [3.8, 4) is 5.75 Å². The number of ether oxygens (including phenoxy) is 1. The van der Waals surface area contributed by atoms with Gasteiger partial charge in [0.25, 0.3) is 5.91 Å². The van der Waals surface area contributed by atoms with Crippen molar-refractivity contribution < 1.29 is 14.3 Å². The fraction of sp³-hybridized carbons (Fsp3) is 0.333. The normalized spacial score (nSPS) is 10.7. The topological polar surface area (TPSA) is 98.1 Å². The molecule has 33 heavy (non-hydrogen) atoms. The zero-order valence-electron chi connectivity index (χ0n) is 19.6. The summed E-state index contributed by atoms with van der Waals surface area (Å²) in [6, 6.07) is 11.7. The van der Waals surface area contributed by atoms with E-state index in [4.69, 9.17) is 4.74 Å². The summed E-state index contributed by atoms with van der Waals surface area (Å²) in [4.78, 5) is 24.5. The Morgan fingerprint density at radius 1 is 1.00 bits per heavy atom. The average molecular weight is 468 g/mol. The van der Waals surface area contributed by atoms with Crippen LogP contribution in [-0.2, 0) is 23.2 Å². The van der Waals surface area contributed by atoms with E-state index in [0.29, 0.717) is 11.0 Å². The lowest BCUT2D eigenvalue weighted by Gasteiger charge is -2.12. The lowest BCUT2D eigenvalue weighted by molar-refractivity contribution is -0.123. The number of hydrogen-bond acceptors (Lipinski definition) is 6. The quantitative estimate of drug-likeness (QED) is 0.468. The lowest BCUT2D eigenvalue weighted by Crippen LogP contribution is -2.29. The monoisotopic (exact) mass is 467 g/mol. The molecule has 1 heterocycles. The third-order valence-corrected chi connectivity index (χ3v) is 6.13. The highest BCUT2D eigenvalue weighted by atomic mass is 32.2. The van der Waals surface area contributed by atoms with E-state index < -0.39 is 0 Å². The van der Waals surface area contributed by atoms with Crippen molar-refractivity contribution in [3.05, 3.63) is 64.5 Å². The number of nitrogens with one attached hydrogen (secondary N) is 2. The molecule has 0 unspecified atom stereocenters. The number of para-hydroxylation sites is 1. The number of aryl methyl sites for hydroxylation is 4. The van der Waals surface area contributed by atoms with Crippen molar-refractivity contribution in [2.24, 2.45) is 7.05 Å². The van der Waals surface area contributed by atoms with Crippen LogP contribution in [0.5, 0.6) is 5.75 Å². The van der Waals surface area contributed by atoms with Crippen LogP contribution in [0.1, 0.15) is 28.1 Å². The van der Waals surface area contributed by atoms with Gasteiger partial charge in [-0.3, -0.25) is 9.59 Å². The Labute approximate surface area is 198 Å². The number of nitrogens with zero attached hydrogens (tertiary/aromatic N) is 3. The Kier molecular flexibility index (Phi) is 8.11. The SMILES string of the molecule is Cc1ccc(NC(=O)CSc2nnc(CNC(=O)COc3c(C)cccc3C)n2C)c(C)c1. The first-order valence-corrected chi connectivity index (χ1v) is 11.6. The molecule has 2 aromatic carbocycles. The molecule has 8 nitrogen and oxygen atoms in total. The molecule has 9 heteroatoms. The molecule has 2 amide bonds. The van der Waals surface area contributed by atoms with Gasteiger partial charge in [-0.25, -0.2) is 0 Å². The van der Waals surface area contributed by atoms with Crippen LogP contribution in [0.15, 0.2) is 41.6 Å². The van der Waals surface area contributed by atoms with Crippen LogP contribution in [0, 0.1) is 27.7 Å². The molecule has 0 aliphatic heterocycles. The Hall–Kier alpha value is -3.33. The Morgan fingerprint density at radius 2 is 1.73 bits per heavy atom. The first-order valence-electron chi connectivity index (χ1n) is 10.6.